The molecule has 0 saturated heterocycles. The van der Waals surface area contributed by atoms with Gasteiger partial charge in [0.15, 0.2) is 0 Å². The highest BCUT2D eigenvalue weighted by atomic mass is 127. The van der Waals surface area contributed by atoms with E-state index in [4.69, 9.17) is 0 Å². The SMILES string of the molecule is O=C1c2ccccc2C(=O)N1c1cc(I)ccc1Br. The van der Waals surface area contributed by atoms with Gasteiger partial charge in [0, 0.05) is 8.04 Å². The Morgan fingerprint density at radius 1 is 0.947 bits per heavy atom. The van der Waals surface area contributed by atoms with Crippen molar-refractivity contribution >= 4 is 56.0 Å². The van der Waals surface area contributed by atoms with Gasteiger partial charge >= 0.3 is 0 Å². The molecule has 1 aliphatic heterocycles. The highest BCUT2D eigenvalue weighted by Gasteiger charge is 2.37. The van der Waals surface area contributed by atoms with E-state index >= 15 is 0 Å². The third-order valence-corrected chi connectivity index (χ3v) is 4.28. The first kappa shape index (κ1) is 12.8. The van der Waals surface area contributed by atoms with Crippen molar-refractivity contribution in [2.75, 3.05) is 4.90 Å². The fourth-order valence-corrected chi connectivity index (χ4v) is 2.96. The van der Waals surface area contributed by atoms with Gasteiger partial charge in [0.1, 0.15) is 0 Å². The molecular formula is C14H7BrINO2. The van der Waals surface area contributed by atoms with Crippen LogP contribution in [0.1, 0.15) is 20.7 Å². The summed E-state index contributed by atoms with van der Waals surface area (Å²) in [5.74, 6) is -0.549. The van der Waals surface area contributed by atoms with Crippen LogP contribution in [0.15, 0.2) is 46.9 Å². The van der Waals surface area contributed by atoms with Crippen molar-refractivity contribution in [3.05, 3.63) is 61.6 Å². The number of anilines is 1. The summed E-state index contributed by atoms with van der Waals surface area (Å²) in [5, 5.41) is 0. The van der Waals surface area contributed by atoms with Gasteiger partial charge in [-0.1, -0.05) is 12.1 Å². The molecule has 0 radical (unpaired) electrons. The minimum absolute atomic E-state index is 0.275. The van der Waals surface area contributed by atoms with Gasteiger partial charge in [0.05, 0.1) is 16.8 Å². The predicted molar refractivity (Wildman–Crippen MR) is 84.4 cm³/mol. The van der Waals surface area contributed by atoms with Crippen LogP contribution in [0.5, 0.6) is 0 Å². The normalized spacial score (nSPS) is 13.9. The van der Waals surface area contributed by atoms with Gasteiger partial charge in [-0.25, -0.2) is 4.90 Å². The van der Waals surface area contributed by atoms with E-state index in [-0.39, 0.29) is 11.8 Å². The maximum Gasteiger partial charge on any atom is 0.266 e. The average Bonchev–Trinajstić information content (AvgIpc) is 2.66. The van der Waals surface area contributed by atoms with Gasteiger partial charge in [-0.2, -0.15) is 0 Å². The summed E-state index contributed by atoms with van der Waals surface area (Å²) in [6.45, 7) is 0. The van der Waals surface area contributed by atoms with Crippen LogP contribution in [0.3, 0.4) is 0 Å². The molecule has 5 heteroatoms. The summed E-state index contributed by atoms with van der Waals surface area (Å²) in [6, 6.07) is 12.4. The van der Waals surface area contributed by atoms with Crippen LogP contribution < -0.4 is 4.90 Å². The Morgan fingerprint density at radius 2 is 1.53 bits per heavy atom. The molecular weight excluding hydrogens is 421 g/mol. The van der Waals surface area contributed by atoms with Crippen molar-refractivity contribution in [2.24, 2.45) is 0 Å². The number of rotatable bonds is 1. The number of imide groups is 1. The third-order valence-electron chi connectivity index (χ3n) is 2.94. The van der Waals surface area contributed by atoms with Crippen LogP contribution in [0.4, 0.5) is 5.69 Å². The van der Waals surface area contributed by atoms with Crippen LogP contribution in [0.25, 0.3) is 0 Å². The van der Waals surface area contributed by atoms with Gasteiger partial charge in [0.25, 0.3) is 11.8 Å². The minimum atomic E-state index is -0.275. The predicted octanol–water partition coefficient (Wildman–Crippen LogP) is 3.85. The van der Waals surface area contributed by atoms with Crippen LogP contribution in [0.2, 0.25) is 0 Å². The Labute approximate surface area is 131 Å². The quantitative estimate of drug-likeness (QED) is 0.512. The summed E-state index contributed by atoms with van der Waals surface area (Å²) in [6.07, 6.45) is 0. The molecule has 19 heavy (non-hydrogen) atoms. The Balaban J connectivity index is 2.17. The van der Waals surface area contributed by atoms with E-state index < -0.39 is 0 Å². The first-order chi connectivity index (χ1) is 9.09. The number of benzene rings is 2. The molecule has 2 amide bonds. The number of carbonyl (C=O) groups is 2. The maximum absolute atomic E-state index is 12.4. The largest absolute Gasteiger partial charge is 0.268 e. The van der Waals surface area contributed by atoms with E-state index in [1.54, 1.807) is 24.3 Å². The van der Waals surface area contributed by atoms with Gasteiger partial charge in [-0.05, 0) is 68.9 Å². The van der Waals surface area contributed by atoms with Crippen LogP contribution in [-0.2, 0) is 0 Å². The van der Waals surface area contributed by atoms with E-state index in [1.807, 2.05) is 18.2 Å². The van der Waals surface area contributed by atoms with Crippen LogP contribution >= 0.6 is 38.5 Å². The maximum atomic E-state index is 12.4. The molecule has 0 aromatic heterocycles. The Hall–Kier alpha value is -1.21. The van der Waals surface area contributed by atoms with Gasteiger partial charge in [-0.3, -0.25) is 9.59 Å². The summed E-state index contributed by atoms with van der Waals surface area (Å²) < 4.78 is 1.69. The molecule has 1 heterocycles. The Morgan fingerprint density at radius 3 is 2.11 bits per heavy atom. The monoisotopic (exact) mass is 427 g/mol. The van der Waals surface area contributed by atoms with Crippen molar-refractivity contribution in [1.29, 1.82) is 0 Å². The topological polar surface area (TPSA) is 37.4 Å². The van der Waals surface area contributed by atoms with Crippen molar-refractivity contribution in [3.63, 3.8) is 0 Å². The van der Waals surface area contributed by atoms with E-state index in [1.165, 1.54) is 4.90 Å². The molecule has 0 unspecified atom stereocenters. The summed E-state index contributed by atoms with van der Waals surface area (Å²) in [4.78, 5) is 25.9. The summed E-state index contributed by atoms with van der Waals surface area (Å²) in [5.41, 5.74) is 1.50. The van der Waals surface area contributed by atoms with E-state index in [9.17, 15) is 9.59 Å². The summed E-state index contributed by atoms with van der Waals surface area (Å²) in [7, 11) is 0. The number of nitrogens with zero attached hydrogens (tertiary/aromatic N) is 1. The molecule has 3 nitrogen and oxygen atoms in total. The molecule has 0 bridgehead atoms. The second-order valence-electron chi connectivity index (χ2n) is 4.09. The fraction of sp³-hybridized carbons (Fsp3) is 0. The number of amides is 2. The molecule has 1 aliphatic rings. The third kappa shape index (κ3) is 2.01. The summed E-state index contributed by atoms with van der Waals surface area (Å²) >= 11 is 5.54. The molecule has 3 rings (SSSR count). The molecule has 2 aromatic rings. The van der Waals surface area contributed by atoms with E-state index in [2.05, 4.69) is 38.5 Å². The lowest BCUT2D eigenvalue weighted by molar-refractivity contribution is 0.0926. The van der Waals surface area contributed by atoms with Crippen molar-refractivity contribution in [1.82, 2.24) is 0 Å². The van der Waals surface area contributed by atoms with Crippen molar-refractivity contribution in [2.45, 2.75) is 0 Å². The van der Waals surface area contributed by atoms with Gasteiger partial charge < -0.3 is 0 Å². The van der Waals surface area contributed by atoms with Crippen molar-refractivity contribution < 1.29 is 9.59 Å². The second-order valence-corrected chi connectivity index (χ2v) is 6.19. The van der Waals surface area contributed by atoms with E-state index in [0.717, 1.165) is 8.04 Å². The number of fused-ring (bicyclic) bond motifs is 1. The Bertz CT molecular complexity index is 679. The van der Waals surface area contributed by atoms with Gasteiger partial charge in [-0.15, -0.1) is 0 Å². The Kier molecular flexibility index (Phi) is 3.18. The van der Waals surface area contributed by atoms with Crippen molar-refractivity contribution in [3.8, 4) is 0 Å². The molecule has 0 spiro atoms. The number of hydrogen-bond acceptors (Lipinski definition) is 2. The lowest BCUT2D eigenvalue weighted by Crippen LogP contribution is -2.29. The zero-order chi connectivity index (χ0) is 13.6. The second kappa shape index (κ2) is 4.72. The number of carbonyl (C=O) groups excluding carboxylic acids is 2. The smallest absolute Gasteiger partial charge is 0.266 e. The lowest BCUT2D eigenvalue weighted by atomic mass is 10.1. The molecule has 0 fully saturated rings. The first-order valence-corrected chi connectivity index (χ1v) is 7.39. The first-order valence-electron chi connectivity index (χ1n) is 5.52. The highest BCUT2D eigenvalue weighted by molar-refractivity contribution is 14.1. The molecule has 0 atom stereocenters. The zero-order valence-electron chi connectivity index (χ0n) is 9.56. The molecule has 0 N–H and O–H groups in total. The number of halogens is 2. The highest BCUT2D eigenvalue weighted by Crippen LogP contribution is 2.34. The molecule has 2 aromatic carbocycles. The van der Waals surface area contributed by atoms with Crippen LogP contribution in [0, 0.1) is 3.57 Å². The van der Waals surface area contributed by atoms with Crippen LogP contribution in [-0.4, -0.2) is 11.8 Å². The lowest BCUT2D eigenvalue weighted by Gasteiger charge is -2.16. The molecule has 94 valence electrons. The molecule has 0 saturated carbocycles. The van der Waals surface area contributed by atoms with E-state index in [0.29, 0.717) is 16.8 Å². The number of hydrogen-bond donors (Lipinski definition) is 0. The van der Waals surface area contributed by atoms with Gasteiger partial charge in [0.2, 0.25) is 0 Å². The average molecular weight is 428 g/mol. The fourth-order valence-electron chi connectivity index (χ4n) is 2.07. The zero-order valence-corrected chi connectivity index (χ0v) is 13.3. The standard InChI is InChI=1S/C14H7BrINO2/c15-11-6-5-8(16)7-12(11)17-13(18)9-3-1-2-4-10(9)14(17)19/h1-7H. The molecule has 0 aliphatic carbocycles. The minimum Gasteiger partial charge on any atom is -0.268 e.